The van der Waals surface area contributed by atoms with Crippen molar-refractivity contribution in [1.29, 1.82) is 0 Å². The second-order valence-electron chi connectivity index (χ2n) is 2.84. The van der Waals surface area contributed by atoms with Crippen LogP contribution in [0.1, 0.15) is 32.6 Å². The Morgan fingerprint density at radius 1 is 1.30 bits per heavy atom. The molecule has 1 atom stereocenters. The van der Waals surface area contributed by atoms with Gasteiger partial charge in [0.2, 0.25) is 0 Å². The van der Waals surface area contributed by atoms with Gasteiger partial charge in [-0.1, -0.05) is 26.2 Å². The summed E-state index contributed by atoms with van der Waals surface area (Å²) in [5, 5.41) is 0. The van der Waals surface area contributed by atoms with Crippen molar-refractivity contribution in [3.8, 4) is 0 Å². The van der Waals surface area contributed by atoms with Gasteiger partial charge < -0.3 is 4.89 Å². The van der Waals surface area contributed by atoms with Crippen molar-refractivity contribution in [3.05, 3.63) is 0 Å². The van der Waals surface area contributed by atoms with Gasteiger partial charge in [-0.3, -0.25) is 4.57 Å². The van der Waals surface area contributed by atoms with E-state index in [1.807, 2.05) is 0 Å². The first-order chi connectivity index (χ1) is 4.56. The number of hydrogen-bond donors (Lipinski definition) is 1. The van der Waals surface area contributed by atoms with Crippen LogP contribution in [0.15, 0.2) is 0 Å². The average Bonchev–Trinajstić information content (AvgIpc) is 1.78. The monoisotopic (exact) mass is 164 g/mol. The van der Waals surface area contributed by atoms with Crippen LogP contribution >= 0.6 is 7.37 Å². The van der Waals surface area contributed by atoms with Gasteiger partial charge in [0, 0.05) is 12.8 Å². The number of unbranched alkanes of at least 4 members (excludes halogenated alkanes) is 3. The quantitative estimate of drug-likeness (QED) is 0.500. The fraction of sp³-hybridized carbons (Fsp3) is 1.00. The maximum Gasteiger partial charge on any atom is 0.197 e. The van der Waals surface area contributed by atoms with Crippen molar-refractivity contribution >= 4 is 7.37 Å². The molecule has 0 aliphatic rings. The molecule has 0 aliphatic heterocycles. The van der Waals surface area contributed by atoms with Crippen molar-refractivity contribution in [2.24, 2.45) is 0 Å². The topological polar surface area (TPSA) is 37.3 Å². The Bertz CT molecular complexity index is 117. The van der Waals surface area contributed by atoms with Crippen LogP contribution in [0.2, 0.25) is 0 Å². The minimum absolute atomic E-state index is 0.493. The van der Waals surface area contributed by atoms with E-state index in [1.165, 1.54) is 19.5 Å². The minimum atomic E-state index is -2.71. The van der Waals surface area contributed by atoms with Crippen LogP contribution in [0.5, 0.6) is 0 Å². The largest absolute Gasteiger partial charge is 0.344 e. The van der Waals surface area contributed by atoms with Crippen LogP contribution in [0.3, 0.4) is 0 Å². The van der Waals surface area contributed by atoms with Gasteiger partial charge in [0.05, 0.1) is 0 Å². The van der Waals surface area contributed by atoms with Gasteiger partial charge in [0.25, 0.3) is 0 Å². The molecule has 0 bridgehead atoms. The summed E-state index contributed by atoms with van der Waals surface area (Å²) < 4.78 is 10.7. The molecule has 0 heterocycles. The average molecular weight is 164 g/mol. The zero-order chi connectivity index (χ0) is 8.04. The molecular formula is C7H17O2P. The summed E-state index contributed by atoms with van der Waals surface area (Å²) in [7, 11) is -2.71. The molecule has 10 heavy (non-hydrogen) atoms. The Morgan fingerprint density at radius 3 is 2.30 bits per heavy atom. The lowest BCUT2D eigenvalue weighted by atomic mass is 10.2. The fourth-order valence-electron chi connectivity index (χ4n) is 0.832. The first-order valence-electron chi connectivity index (χ1n) is 3.85. The Balaban J connectivity index is 3.13. The van der Waals surface area contributed by atoms with Gasteiger partial charge in [0.15, 0.2) is 7.37 Å². The lowest BCUT2D eigenvalue weighted by Gasteiger charge is -2.02. The van der Waals surface area contributed by atoms with Gasteiger partial charge in [0.1, 0.15) is 0 Å². The lowest BCUT2D eigenvalue weighted by Crippen LogP contribution is -1.86. The number of hydrogen-bond acceptors (Lipinski definition) is 1. The van der Waals surface area contributed by atoms with Gasteiger partial charge in [-0.25, -0.2) is 0 Å². The van der Waals surface area contributed by atoms with E-state index in [2.05, 4.69) is 6.92 Å². The molecule has 0 saturated carbocycles. The standard InChI is InChI=1S/C7H17O2P/c1-3-4-5-6-7-10(2,8)9/h3-7H2,1-2H3,(H,8,9). The third kappa shape index (κ3) is 8.19. The fourth-order valence-corrected chi connectivity index (χ4v) is 1.64. The highest BCUT2D eigenvalue weighted by atomic mass is 31.2. The smallest absolute Gasteiger partial charge is 0.197 e. The van der Waals surface area contributed by atoms with E-state index in [9.17, 15) is 4.57 Å². The van der Waals surface area contributed by atoms with Crippen molar-refractivity contribution in [2.75, 3.05) is 12.8 Å². The Labute approximate surface area is 63.1 Å². The van der Waals surface area contributed by atoms with Crippen LogP contribution in [-0.4, -0.2) is 17.7 Å². The molecular weight excluding hydrogens is 147 g/mol. The molecule has 0 aromatic carbocycles. The summed E-state index contributed by atoms with van der Waals surface area (Å²) in [6, 6.07) is 0. The van der Waals surface area contributed by atoms with E-state index in [0.29, 0.717) is 6.16 Å². The second kappa shape index (κ2) is 4.92. The molecule has 1 N–H and O–H groups in total. The Kier molecular flexibility index (Phi) is 5.02. The first kappa shape index (κ1) is 10.2. The number of rotatable bonds is 5. The summed E-state index contributed by atoms with van der Waals surface area (Å²) in [4.78, 5) is 8.87. The summed E-state index contributed by atoms with van der Waals surface area (Å²) >= 11 is 0. The molecule has 0 aliphatic carbocycles. The molecule has 0 saturated heterocycles. The highest BCUT2D eigenvalue weighted by molar-refractivity contribution is 7.57. The Morgan fingerprint density at radius 2 is 1.90 bits per heavy atom. The van der Waals surface area contributed by atoms with E-state index < -0.39 is 7.37 Å². The van der Waals surface area contributed by atoms with Gasteiger partial charge in [-0.05, 0) is 6.42 Å². The molecule has 0 aromatic heterocycles. The van der Waals surface area contributed by atoms with Crippen molar-refractivity contribution in [1.82, 2.24) is 0 Å². The van der Waals surface area contributed by atoms with E-state index in [-0.39, 0.29) is 0 Å². The molecule has 0 radical (unpaired) electrons. The van der Waals surface area contributed by atoms with Crippen LogP contribution in [-0.2, 0) is 4.57 Å². The molecule has 2 nitrogen and oxygen atoms in total. The SMILES string of the molecule is CCCCCCP(C)(=O)O. The molecule has 0 rings (SSSR count). The normalized spacial score (nSPS) is 16.7. The zero-order valence-corrected chi connectivity index (χ0v) is 7.73. The molecule has 0 spiro atoms. The van der Waals surface area contributed by atoms with Gasteiger partial charge >= 0.3 is 0 Å². The summed E-state index contributed by atoms with van der Waals surface area (Å²) in [5.41, 5.74) is 0. The zero-order valence-electron chi connectivity index (χ0n) is 6.84. The van der Waals surface area contributed by atoms with Crippen LogP contribution in [0.25, 0.3) is 0 Å². The minimum Gasteiger partial charge on any atom is -0.344 e. The molecule has 3 heteroatoms. The van der Waals surface area contributed by atoms with Crippen molar-refractivity contribution in [3.63, 3.8) is 0 Å². The first-order valence-corrected chi connectivity index (χ1v) is 6.15. The van der Waals surface area contributed by atoms with Crippen molar-refractivity contribution < 1.29 is 9.46 Å². The predicted molar refractivity (Wildman–Crippen MR) is 44.8 cm³/mol. The van der Waals surface area contributed by atoms with E-state index in [1.54, 1.807) is 0 Å². The third-order valence-electron chi connectivity index (χ3n) is 1.43. The van der Waals surface area contributed by atoms with E-state index in [0.717, 1.165) is 12.8 Å². The summed E-state index contributed by atoms with van der Waals surface area (Å²) in [5.74, 6) is 0. The van der Waals surface area contributed by atoms with E-state index >= 15 is 0 Å². The predicted octanol–water partition coefficient (Wildman–Crippen LogP) is 2.47. The molecule has 0 fully saturated rings. The molecule has 62 valence electrons. The van der Waals surface area contributed by atoms with Crippen LogP contribution in [0.4, 0.5) is 0 Å². The summed E-state index contributed by atoms with van der Waals surface area (Å²) in [6.45, 7) is 3.56. The molecule has 0 aromatic rings. The maximum absolute atomic E-state index is 10.7. The third-order valence-corrected chi connectivity index (χ3v) is 2.57. The van der Waals surface area contributed by atoms with Crippen molar-refractivity contribution in [2.45, 2.75) is 32.6 Å². The molecule has 1 unspecified atom stereocenters. The second-order valence-corrected chi connectivity index (χ2v) is 5.38. The van der Waals surface area contributed by atoms with Gasteiger partial charge in [-0.15, -0.1) is 0 Å². The van der Waals surface area contributed by atoms with Crippen LogP contribution in [0, 0.1) is 0 Å². The Hall–Kier alpha value is 0.190. The highest BCUT2D eigenvalue weighted by Crippen LogP contribution is 2.36. The highest BCUT2D eigenvalue weighted by Gasteiger charge is 2.07. The van der Waals surface area contributed by atoms with Crippen LogP contribution < -0.4 is 0 Å². The maximum atomic E-state index is 10.7. The molecule has 0 amide bonds. The lowest BCUT2D eigenvalue weighted by molar-refractivity contribution is 0.481. The van der Waals surface area contributed by atoms with Gasteiger partial charge in [-0.2, -0.15) is 0 Å². The van der Waals surface area contributed by atoms with E-state index in [4.69, 9.17) is 4.89 Å². The summed E-state index contributed by atoms with van der Waals surface area (Å²) in [6.07, 6.45) is 4.85.